The minimum atomic E-state index is -0.739. The van der Waals surface area contributed by atoms with E-state index in [1.54, 1.807) is 0 Å². The number of fused-ring (bicyclic) bond motifs is 1. The summed E-state index contributed by atoms with van der Waals surface area (Å²) >= 11 is 0. The van der Waals surface area contributed by atoms with Gasteiger partial charge in [-0.1, -0.05) is 49.6 Å². The summed E-state index contributed by atoms with van der Waals surface area (Å²) < 4.78 is 26.3. The van der Waals surface area contributed by atoms with Crippen LogP contribution in [0.25, 0.3) is 0 Å². The van der Waals surface area contributed by atoms with Crippen molar-refractivity contribution in [2.75, 3.05) is 0 Å². The number of ether oxygens (including phenoxy) is 4. The molecule has 6 aliphatic rings. The molecule has 28 heavy (non-hydrogen) atoms. The Labute approximate surface area is 172 Å². The van der Waals surface area contributed by atoms with Crippen LogP contribution in [0.15, 0.2) is 23.4 Å². The Kier molecular flexibility index (Phi) is 4.16. The van der Waals surface area contributed by atoms with Gasteiger partial charge in [0.25, 0.3) is 0 Å². The number of hydrogen-bond acceptors (Lipinski definition) is 4. The molecule has 0 N–H and O–H groups in total. The van der Waals surface area contributed by atoms with E-state index in [4.69, 9.17) is 18.9 Å². The summed E-state index contributed by atoms with van der Waals surface area (Å²) in [6, 6.07) is 0. The standard InChI is InChI=1S/C22H34O4Si2/c1-20(2)24-17-14(27(5)6)11-13-12-9-10-22(28(7)8,15(13)18(17)25-20)19-16(12)23-21(3,4)26-19/h9-13,15-19H,1-8H3/t12?,13?,15?,16?,17-,18+,19?,22?/m1/s1. The molecule has 0 amide bonds. The van der Waals surface area contributed by atoms with Crippen LogP contribution in [-0.4, -0.2) is 53.6 Å². The molecule has 2 bridgehead atoms. The first kappa shape index (κ1) is 19.7. The van der Waals surface area contributed by atoms with Gasteiger partial charge in [0.05, 0.1) is 35.9 Å². The molecule has 0 aromatic heterocycles. The molecular weight excluding hydrogens is 384 g/mol. The first-order valence-corrected chi connectivity index (χ1v) is 15.7. The molecule has 2 saturated heterocycles. The third-order valence-corrected chi connectivity index (χ3v) is 11.7. The molecule has 0 aromatic rings. The average Bonchev–Trinajstić information content (AvgIpc) is 3.08. The highest BCUT2D eigenvalue weighted by atomic mass is 28.3. The highest BCUT2D eigenvalue weighted by Crippen LogP contribution is 2.68. The summed E-state index contributed by atoms with van der Waals surface area (Å²) in [5, 5.41) is 1.51. The largest absolute Gasteiger partial charge is 0.344 e. The monoisotopic (exact) mass is 418 g/mol. The Balaban J connectivity index is 1.68. The normalized spacial score (nSPS) is 49.9. The summed E-state index contributed by atoms with van der Waals surface area (Å²) in [7, 11) is -1.36. The number of rotatable bonds is 2. The molecule has 0 spiro atoms. The van der Waals surface area contributed by atoms with Gasteiger partial charge in [-0.05, 0) is 33.6 Å². The van der Waals surface area contributed by atoms with Crippen LogP contribution in [0.2, 0.25) is 31.2 Å². The summed E-state index contributed by atoms with van der Waals surface area (Å²) in [5.74, 6) is 0.185. The van der Waals surface area contributed by atoms with Crippen molar-refractivity contribution in [3.63, 3.8) is 0 Å². The molecule has 3 fully saturated rings. The third kappa shape index (κ3) is 2.48. The molecule has 8 atom stereocenters. The highest BCUT2D eigenvalue weighted by Gasteiger charge is 2.70. The van der Waals surface area contributed by atoms with Gasteiger partial charge in [0.1, 0.15) is 6.10 Å². The van der Waals surface area contributed by atoms with Gasteiger partial charge in [0.2, 0.25) is 0 Å². The molecule has 2 heterocycles. The second-order valence-corrected chi connectivity index (χ2v) is 16.1. The van der Waals surface area contributed by atoms with E-state index in [9.17, 15) is 0 Å². The van der Waals surface area contributed by atoms with Gasteiger partial charge in [0, 0.05) is 16.9 Å². The van der Waals surface area contributed by atoms with Crippen molar-refractivity contribution >= 4 is 17.6 Å². The summed E-state index contributed by atoms with van der Waals surface area (Å²) in [4.78, 5) is 0. The number of hydrogen-bond donors (Lipinski definition) is 0. The maximum Gasteiger partial charge on any atom is 0.164 e. The average molecular weight is 419 g/mol. The first-order valence-electron chi connectivity index (χ1n) is 10.7. The lowest BCUT2D eigenvalue weighted by Gasteiger charge is -2.61. The molecule has 6 heteroatoms. The van der Waals surface area contributed by atoms with Crippen LogP contribution in [0.3, 0.4) is 0 Å². The number of allylic oxidation sites excluding steroid dienone is 1. The van der Waals surface area contributed by atoms with Crippen LogP contribution < -0.4 is 0 Å². The van der Waals surface area contributed by atoms with E-state index in [-0.39, 0.29) is 29.5 Å². The Bertz CT molecular complexity index is 743. The first-order chi connectivity index (χ1) is 13.0. The van der Waals surface area contributed by atoms with Crippen molar-refractivity contribution in [3.05, 3.63) is 23.4 Å². The zero-order valence-electron chi connectivity index (χ0n) is 18.4. The van der Waals surface area contributed by atoms with E-state index in [0.29, 0.717) is 17.8 Å². The van der Waals surface area contributed by atoms with Gasteiger partial charge in [-0.25, -0.2) is 0 Å². The fraction of sp³-hybridized carbons (Fsp3) is 0.818. The molecular formula is C22H34O4Si2. The Morgan fingerprint density at radius 3 is 2.11 bits per heavy atom. The third-order valence-electron chi connectivity index (χ3n) is 7.59. The predicted octanol–water partition coefficient (Wildman–Crippen LogP) is 4.19. The van der Waals surface area contributed by atoms with Gasteiger partial charge in [-0.3, -0.25) is 0 Å². The van der Waals surface area contributed by atoms with E-state index in [2.05, 4.69) is 72.1 Å². The van der Waals surface area contributed by atoms with Crippen molar-refractivity contribution in [2.45, 2.75) is 94.9 Å². The zero-order chi connectivity index (χ0) is 20.2. The van der Waals surface area contributed by atoms with Gasteiger partial charge < -0.3 is 18.9 Å². The van der Waals surface area contributed by atoms with Crippen LogP contribution in [0.4, 0.5) is 0 Å². The van der Waals surface area contributed by atoms with Crippen LogP contribution >= 0.6 is 0 Å². The van der Waals surface area contributed by atoms with Crippen molar-refractivity contribution in [1.82, 2.24) is 0 Å². The van der Waals surface area contributed by atoms with Crippen molar-refractivity contribution in [3.8, 4) is 0 Å². The Morgan fingerprint density at radius 2 is 1.46 bits per heavy atom. The lowest BCUT2D eigenvalue weighted by atomic mass is 9.55. The van der Waals surface area contributed by atoms with E-state index in [0.717, 1.165) is 0 Å². The maximum absolute atomic E-state index is 6.67. The topological polar surface area (TPSA) is 36.9 Å². The van der Waals surface area contributed by atoms with E-state index >= 15 is 0 Å². The fourth-order valence-corrected chi connectivity index (χ4v) is 10.2. The predicted molar refractivity (Wildman–Crippen MR) is 113 cm³/mol. The smallest absolute Gasteiger partial charge is 0.164 e. The van der Waals surface area contributed by atoms with Crippen LogP contribution in [0.1, 0.15) is 27.7 Å². The Hall–Kier alpha value is -0.246. The Morgan fingerprint density at radius 1 is 0.821 bits per heavy atom. The lowest BCUT2D eigenvalue weighted by Crippen LogP contribution is -2.65. The minimum Gasteiger partial charge on any atom is -0.344 e. The quantitative estimate of drug-likeness (QED) is 0.498. The van der Waals surface area contributed by atoms with Crippen molar-refractivity contribution in [1.29, 1.82) is 0 Å². The van der Waals surface area contributed by atoms with Crippen molar-refractivity contribution < 1.29 is 18.9 Å². The second kappa shape index (κ2) is 5.92. The molecule has 154 valence electrons. The molecule has 2 aliphatic heterocycles. The van der Waals surface area contributed by atoms with Gasteiger partial charge in [-0.15, -0.1) is 0 Å². The molecule has 4 nitrogen and oxygen atoms in total. The zero-order valence-corrected chi connectivity index (χ0v) is 20.4. The molecule has 4 aliphatic carbocycles. The molecule has 6 unspecified atom stereocenters. The molecule has 2 radical (unpaired) electrons. The maximum atomic E-state index is 6.67. The van der Waals surface area contributed by atoms with Crippen LogP contribution in [-0.2, 0) is 18.9 Å². The summed E-state index contributed by atoms with van der Waals surface area (Å²) in [6.07, 6.45) is 8.03. The van der Waals surface area contributed by atoms with Gasteiger partial charge in [0.15, 0.2) is 11.6 Å². The van der Waals surface area contributed by atoms with E-state index in [1.807, 2.05) is 0 Å². The van der Waals surface area contributed by atoms with Gasteiger partial charge in [-0.2, -0.15) is 0 Å². The summed E-state index contributed by atoms with van der Waals surface area (Å²) in [6.45, 7) is 17.9. The van der Waals surface area contributed by atoms with E-state index in [1.165, 1.54) is 5.20 Å². The van der Waals surface area contributed by atoms with Crippen LogP contribution in [0.5, 0.6) is 0 Å². The SMILES string of the molecule is C[Si](C)C1=CC2C3C=CC([Si](C)C)(C4OC(C)(C)OC34)C2[C@@H]2OC(C)(C)O[C@H]12. The highest BCUT2D eigenvalue weighted by molar-refractivity contribution is 6.64. The lowest BCUT2D eigenvalue weighted by molar-refractivity contribution is -0.159. The molecule has 0 aromatic carbocycles. The van der Waals surface area contributed by atoms with Crippen molar-refractivity contribution in [2.24, 2.45) is 17.8 Å². The minimum absolute atomic E-state index is 0.00559. The second-order valence-electron chi connectivity index (χ2n) is 10.6. The molecule has 6 rings (SSSR count). The summed E-state index contributed by atoms with van der Waals surface area (Å²) in [5.41, 5.74) is 0. The van der Waals surface area contributed by atoms with E-state index < -0.39 is 29.2 Å². The van der Waals surface area contributed by atoms with Crippen LogP contribution in [0, 0.1) is 17.8 Å². The fourth-order valence-electron chi connectivity index (χ4n) is 6.66. The molecule has 1 saturated carbocycles. The van der Waals surface area contributed by atoms with Gasteiger partial charge >= 0.3 is 0 Å².